The molecule has 0 aromatic heterocycles. The summed E-state index contributed by atoms with van der Waals surface area (Å²) in [6.45, 7) is 4.60. The second-order valence-electron chi connectivity index (χ2n) is 13.5. The van der Waals surface area contributed by atoms with Gasteiger partial charge in [0.25, 0.3) is 0 Å². The Kier molecular flexibility index (Phi) is 24.2. The van der Waals surface area contributed by atoms with Crippen LogP contribution in [0.4, 0.5) is 0 Å². The second kappa shape index (κ2) is 25.1. The molecule has 0 spiro atoms. The van der Waals surface area contributed by atoms with Gasteiger partial charge in [-0.25, -0.2) is 0 Å². The van der Waals surface area contributed by atoms with Crippen LogP contribution in [0.25, 0.3) is 0 Å². The maximum atomic E-state index is 13.5. The molecule has 0 N–H and O–H groups in total. The molecule has 0 fully saturated rings. The molecule has 1 unspecified atom stereocenters. The zero-order chi connectivity index (χ0) is 30.8. The number of unbranched alkanes of at least 4 members (excludes halogenated alkanes) is 20. The van der Waals surface area contributed by atoms with Gasteiger partial charge in [-0.15, -0.1) is 0 Å². The molecule has 0 radical (unpaired) electrons. The lowest BCUT2D eigenvalue weighted by Crippen LogP contribution is -2.58. The van der Waals surface area contributed by atoms with Crippen LogP contribution in [0, 0.1) is 0 Å². The highest BCUT2D eigenvalue weighted by Crippen LogP contribution is 2.26. The van der Waals surface area contributed by atoms with E-state index in [1.807, 2.05) is 21.1 Å². The number of hydrogen-bond acceptors (Lipinski definition) is 5. The van der Waals surface area contributed by atoms with E-state index in [2.05, 4.69) is 13.8 Å². The van der Waals surface area contributed by atoms with Gasteiger partial charge in [-0.2, -0.15) is 0 Å². The fourth-order valence-corrected chi connectivity index (χ4v) is 5.75. The van der Waals surface area contributed by atoms with Gasteiger partial charge in [0, 0.05) is 25.2 Å². The van der Waals surface area contributed by atoms with Gasteiger partial charge in [-0.05, 0) is 12.8 Å². The Hall–Kier alpha value is -1.43. The summed E-state index contributed by atoms with van der Waals surface area (Å²) in [6.07, 6.45) is 25.8. The quantitative estimate of drug-likeness (QED) is 0.0486. The number of rotatable bonds is 30. The number of carbonyl (C=O) groups is 3. The van der Waals surface area contributed by atoms with E-state index < -0.39 is 24.0 Å². The smallest absolute Gasteiger partial charge is 0.307 e. The summed E-state index contributed by atoms with van der Waals surface area (Å²) in [5.74, 6) is -2.10. The minimum absolute atomic E-state index is 0.127. The number of carbonyl (C=O) groups excluding carboxylic acids is 3. The summed E-state index contributed by atoms with van der Waals surface area (Å²) in [5.41, 5.74) is -1.66. The van der Waals surface area contributed by atoms with E-state index >= 15 is 0 Å². The molecule has 41 heavy (non-hydrogen) atoms. The Balaban J connectivity index is 4.61. The molecule has 0 aliphatic carbocycles. The Morgan fingerprint density at radius 1 is 0.561 bits per heavy atom. The van der Waals surface area contributed by atoms with Crippen LogP contribution in [0.1, 0.15) is 174 Å². The number of nitrogens with zero attached hydrogens (tertiary/aromatic N) is 1. The van der Waals surface area contributed by atoms with Crippen LogP contribution < -0.4 is 5.11 Å². The molecule has 242 valence electrons. The number of quaternary nitrogens is 1. The van der Waals surface area contributed by atoms with Crippen molar-refractivity contribution in [2.45, 2.75) is 180 Å². The Bertz CT molecular complexity index is 672. The van der Waals surface area contributed by atoms with Gasteiger partial charge in [-0.3, -0.25) is 9.59 Å². The number of esters is 1. The van der Waals surface area contributed by atoms with Gasteiger partial charge >= 0.3 is 5.97 Å². The van der Waals surface area contributed by atoms with Crippen LogP contribution in [0.3, 0.4) is 0 Å². The highest BCUT2D eigenvalue weighted by Gasteiger charge is 2.46. The van der Waals surface area contributed by atoms with Crippen molar-refractivity contribution in [1.29, 1.82) is 0 Å². The second-order valence-corrected chi connectivity index (χ2v) is 13.5. The van der Waals surface area contributed by atoms with Crippen molar-refractivity contribution in [3.63, 3.8) is 0 Å². The van der Waals surface area contributed by atoms with E-state index in [0.29, 0.717) is 17.3 Å². The van der Waals surface area contributed by atoms with E-state index in [0.717, 1.165) is 25.7 Å². The molecule has 1 atom stereocenters. The van der Waals surface area contributed by atoms with E-state index in [1.165, 1.54) is 103 Å². The molecule has 0 aliphatic heterocycles. The fourth-order valence-electron chi connectivity index (χ4n) is 5.75. The van der Waals surface area contributed by atoms with Gasteiger partial charge < -0.3 is 19.1 Å². The predicted octanol–water partition coefficient (Wildman–Crippen LogP) is 8.09. The molecule has 0 amide bonds. The molecule has 0 aliphatic rings. The van der Waals surface area contributed by atoms with Crippen molar-refractivity contribution in [1.82, 2.24) is 0 Å². The lowest BCUT2D eigenvalue weighted by molar-refractivity contribution is -0.875. The van der Waals surface area contributed by atoms with Crippen LogP contribution in [-0.4, -0.2) is 55.5 Å². The molecule has 0 bridgehead atoms. The minimum Gasteiger partial charge on any atom is -0.550 e. The summed E-state index contributed by atoms with van der Waals surface area (Å²) in [4.78, 5) is 38.1. The molecule has 6 nitrogen and oxygen atoms in total. The maximum Gasteiger partial charge on any atom is 0.307 e. The number of ether oxygens (including phenoxy) is 1. The largest absolute Gasteiger partial charge is 0.550 e. The van der Waals surface area contributed by atoms with Crippen molar-refractivity contribution in [3.8, 4) is 0 Å². The number of carboxylic acid groups (broad SMARTS) is 1. The molecule has 0 saturated heterocycles. The van der Waals surface area contributed by atoms with Gasteiger partial charge in [0.15, 0.2) is 5.78 Å². The van der Waals surface area contributed by atoms with Crippen molar-refractivity contribution in [3.05, 3.63) is 0 Å². The van der Waals surface area contributed by atoms with Crippen LogP contribution in [-0.2, 0) is 19.1 Å². The third-order valence-corrected chi connectivity index (χ3v) is 7.97. The average molecular weight is 582 g/mol. The molecular weight excluding hydrogens is 514 g/mol. The van der Waals surface area contributed by atoms with Crippen LogP contribution in [0.2, 0.25) is 0 Å². The third kappa shape index (κ3) is 23.8. The average Bonchev–Trinajstić information content (AvgIpc) is 2.88. The maximum absolute atomic E-state index is 13.5. The van der Waals surface area contributed by atoms with Crippen molar-refractivity contribution in [2.24, 2.45) is 0 Å². The Labute approximate surface area is 254 Å². The SMILES string of the molecule is CCCCCCCCCCCCCC(=O)OC(CC(=O)[O-])(C[N+](C)(C)C)C(=O)CCCCCCCCCCCCC. The first-order valence-electron chi connectivity index (χ1n) is 17.3. The van der Waals surface area contributed by atoms with E-state index in [1.54, 1.807) is 0 Å². The van der Waals surface area contributed by atoms with Gasteiger partial charge in [0.1, 0.15) is 6.54 Å². The number of Topliss-reactive ketones (excluding diaryl/α,β-unsaturated/α-hetero) is 1. The summed E-state index contributed by atoms with van der Waals surface area (Å²) >= 11 is 0. The van der Waals surface area contributed by atoms with E-state index in [4.69, 9.17) is 4.74 Å². The number of hydrogen-bond donors (Lipinski definition) is 0. The molecule has 0 aromatic rings. The zero-order valence-corrected chi connectivity index (χ0v) is 27.9. The lowest BCUT2D eigenvalue weighted by Gasteiger charge is -2.38. The zero-order valence-electron chi connectivity index (χ0n) is 27.9. The van der Waals surface area contributed by atoms with Gasteiger partial charge in [0.05, 0.1) is 21.1 Å². The number of likely N-dealkylation sites (N-methyl/N-ethyl adjacent to an activating group) is 1. The van der Waals surface area contributed by atoms with E-state index in [-0.39, 0.29) is 25.2 Å². The highest BCUT2D eigenvalue weighted by atomic mass is 16.6. The first-order chi connectivity index (χ1) is 19.6. The van der Waals surface area contributed by atoms with Gasteiger partial charge in [-0.1, -0.05) is 142 Å². The van der Waals surface area contributed by atoms with Crippen molar-refractivity contribution >= 4 is 17.7 Å². The number of ketones is 1. The molecule has 0 saturated carbocycles. The van der Waals surface area contributed by atoms with Crippen LogP contribution >= 0.6 is 0 Å². The Morgan fingerprint density at radius 2 is 0.902 bits per heavy atom. The third-order valence-electron chi connectivity index (χ3n) is 7.97. The van der Waals surface area contributed by atoms with Crippen molar-refractivity contribution in [2.75, 3.05) is 27.7 Å². The highest BCUT2D eigenvalue weighted by molar-refractivity contribution is 5.93. The molecule has 0 rings (SSSR count). The number of carboxylic acids is 1. The first kappa shape index (κ1) is 39.6. The summed E-state index contributed by atoms with van der Waals surface area (Å²) in [6, 6.07) is 0. The normalized spacial score (nSPS) is 13.2. The van der Waals surface area contributed by atoms with Crippen LogP contribution in [0.15, 0.2) is 0 Å². The van der Waals surface area contributed by atoms with Crippen LogP contribution in [0.5, 0.6) is 0 Å². The fraction of sp³-hybridized carbons (Fsp3) is 0.914. The molecule has 6 heteroatoms. The standard InChI is InChI=1S/C35H67NO5/c1-6-8-10-12-14-16-18-20-22-24-26-28-32(37)35(30-33(38)39,31-36(3,4)5)41-34(40)29-27-25-23-21-19-17-15-13-11-9-7-2/h6-31H2,1-5H3. The van der Waals surface area contributed by atoms with E-state index in [9.17, 15) is 19.5 Å². The molecule has 0 heterocycles. The van der Waals surface area contributed by atoms with Crippen molar-refractivity contribution < 1.29 is 28.7 Å². The summed E-state index contributed by atoms with van der Waals surface area (Å²) < 4.78 is 6.13. The monoisotopic (exact) mass is 582 g/mol. The summed E-state index contributed by atoms with van der Waals surface area (Å²) in [5, 5.41) is 11.7. The lowest BCUT2D eigenvalue weighted by atomic mass is 9.89. The number of aliphatic carboxylic acids is 1. The topological polar surface area (TPSA) is 83.5 Å². The molecule has 0 aromatic carbocycles. The Morgan fingerprint density at radius 3 is 1.24 bits per heavy atom. The molecular formula is C35H67NO5. The van der Waals surface area contributed by atoms with Gasteiger partial charge in [0.2, 0.25) is 5.60 Å². The minimum atomic E-state index is -1.66. The predicted molar refractivity (Wildman–Crippen MR) is 169 cm³/mol. The summed E-state index contributed by atoms with van der Waals surface area (Å²) in [7, 11) is 5.66. The first-order valence-corrected chi connectivity index (χ1v) is 17.3.